The molecule has 0 aromatic heterocycles. The number of hydrogen-bond donors (Lipinski definition) is 0. The Hall–Kier alpha value is -2.07. The number of carbonyl (C=O) groups excluding carboxylic acids is 1. The summed E-state index contributed by atoms with van der Waals surface area (Å²) < 4.78 is 19.0. The van der Waals surface area contributed by atoms with Crippen LogP contribution in [0.4, 0.5) is 4.39 Å². The van der Waals surface area contributed by atoms with Crippen molar-refractivity contribution in [3.8, 4) is 5.75 Å². The summed E-state index contributed by atoms with van der Waals surface area (Å²) in [6.45, 7) is 2.42. The van der Waals surface area contributed by atoms with Crippen molar-refractivity contribution in [1.82, 2.24) is 4.90 Å². The van der Waals surface area contributed by atoms with Crippen LogP contribution in [0.3, 0.4) is 0 Å². The number of amides is 1. The number of halogens is 2. The Morgan fingerprint density at radius 3 is 2.91 bits per heavy atom. The minimum Gasteiger partial charge on any atom is -0.482 e. The van der Waals surface area contributed by atoms with Gasteiger partial charge in [0.15, 0.2) is 6.61 Å². The number of nitrogens with zero attached hydrogens (tertiary/aromatic N) is 1. The minimum absolute atomic E-state index is 0.0846. The second-order valence-corrected chi connectivity index (χ2v) is 5.98. The molecule has 0 saturated heterocycles. The maximum Gasteiger partial charge on any atom is 0.261 e. The molecule has 0 N–H and O–H groups in total. The standard InChI is InChI=1S/C18H17ClFNO2/c1-12-15-10-14(20)7-6-13(15)8-9-21(12)18(22)11-23-17-5-3-2-4-16(17)19/h2-7,10,12H,8-9,11H2,1H3. The van der Waals surface area contributed by atoms with Crippen molar-refractivity contribution in [2.75, 3.05) is 13.2 Å². The third kappa shape index (κ3) is 3.32. The smallest absolute Gasteiger partial charge is 0.261 e. The van der Waals surface area contributed by atoms with Crippen LogP contribution in [0.2, 0.25) is 5.02 Å². The van der Waals surface area contributed by atoms with E-state index >= 15 is 0 Å². The van der Waals surface area contributed by atoms with Crippen LogP contribution in [0.1, 0.15) is 24.1 Å². The van der Waals surface area contributed by atoms with Crippen LogP contribution >= 0.6 is 11.6 Å². The molecule has 0 fully saturated rings. The monoisotopic (exact) mass is 333 g/mol. The summed E-state index contributed by atoms with van der Waals surface area (Å²) in [4.78, 5) is 14.2. The molecule has 2 aromatic rings. The number of ether oxygens (including phenoxy) is 1. The molecule has 5 heteroatoms. The Morgan fingerprint density at radius 2 is 2.13 bits per heavy atom. The average molecular weight is 334 g/mol. The molecule has 3 nitrogen and oxygen atoms in total. The summed E-state index contributed by atoms with van der Waals surface area (Å²) in [6.07, 6.45) is 0.720. The Bertz CT molecular complexity index is 735. The van der Waals surface area contributed by atoms with Gasteiger partial charge in [-0.15, -0.1) is 0 Å². The zero-order valence-corrected chi connectivity index (χ0v) is 13.5. The van der Waals surface area contributed by atoms with E-state index in [2.05, 4.69) is 0 Å². The molecule has 0 aliphatic carbocycles. The van der Waals surface area contributed by atoms with Crippen molar-refractivity contribution in [3.63, 3.8) is 0 Å². The summed E-state index contributed by atoms with van der Waals surface area (Å²) >= 11 is 6.01. The number of hydrogen-bond acceptors (Lipinski definition) is 2. The highest BCUT2D eigenvalue weighted by molar-refractivity contribution is 6.32. The van der Waals surface area contributed by atoms with Crippen LogP contribution in [-0.2, 0) is 11.2 Å². The third-order valence-electron chi connectivity index (χ3n) is 4.16. The summed E-state index contributed by atoms with van der Waals surface area (Å²) in [5.41, 5.74) is 1.96. The fourth-order valence-electron chi connectivity index (χ4n) is 2.91. The van der Waals surface area contributed by atoms with Gasteiger partial charge in [0.1, 0.15) is 11.6 Å². The molecule has 1 aliphatic heterocycles. The van der Waals surface area contributed by atoms with E-state index in [0.29, 0.717) is 17.3 Å². The normalized spacial score (nSPS) is 16.8. The maximum atomic E-state index is 13.5. The lowest BCUT2D eigenvalue weighted by molar-refractivity contribution is -0.135. The Labute approximate surface area is 139 Å². The minimum atomic E-state index is -0.280. The van der Waals surface area contributed by atoms with Crippen LogP contribution in [0, 0.1) is 5.82 Å². The maximum absolute atomic E-state index is 13.5. The molecule has 1 atom stereocenters. The van der Waals surface area contributed by atoms with E-state index in [-0.39, 0.29) is 24.4 Å². The van der Waals surface area contributed by atoms with Gasteiger partial charge in [-0.1, -0.05) is 29.8 Å². The molecule has 0 radical (unpaired) electrons. The second kappa shape index (κ2) is 6.59. The van der Waals surface area contributed by atoms with E-state index in [0.717, 1.165) is 17.5 Å². The number of benzene rings is 2. The lowest BCUT2D eigenvalue weighted by Crippen LogP contribution is -2.41. The number of para-hydroxylation sites is 1. The molecule has 1 amide bonds. The molecule has 0 saturated carbocycles. The van der Waals surface area contributed by atoms with Gasteiger partial charge in [0.2, 0.25) is 0 Å². The van der Waals surface area contributed by atoms with Crippen LogP contribution in [-0.4, -0.2) is 24.0 Å². The van der Waals surface area contributed by atoms with Gasteiger partial charge in [-0.05, 0) is 48.7 Å². The first-order valence-corrected chi connectivity index (χ1v) is 7.89. The van der Waals surface area contributed by atoms with Gasteiger partial charge < -0.3 is 9.64 Å². The molecule has 1 aliphatic rings. The molecular weight excluding hydrogens is 317 g/mol. The predicted octanol–water partition coefficient (Wildman–Crippen LogP) is 4.00. The van der Waals surface area contributed by atoms with Crippen molar-refractivity contribution in [2.24, 2.45) is 0 Å². The van der Waals surface area contributed by atoms with E-state index in [4.69, 9.17) is 16.3 Å². The third-order valence-corrected chi connectivity index (χ3v) is 4.47. The van der Waals surface area contributed by atoms with Crippen molar-refractivity contribution in [1.29, 1.82) is 0 Å². The van der Waals surface area contributed by atoms with Gasteiger partial charge in [-0.25, -0.2) is 4.39 Å². The van der Waals surface area contributed by atoms with Gasteiger partial charge in [0.05, 0.1) is 11.1 Å². The van der Waals surface area contributed by atoms with Crippen molar-refractivity contribution >= 4 is 17.5 Å². The van der Waals surface area contributed by atoms with Crippen molar-refractivity contribution in [3.05, 3.63) is 64.4 Å². The SMILES string of the molecule is CC1c2cc(F)ccc2CCN1C(=O)COc1ccccc1Cl. The molecule has 2 aromatic carbocycles. The van der Waals surface area contributed by atoms with Gasteiger partial charge >= 0.3 is 0 Å². The highest BCUT2D eigenvalue weighted by Crippen LogP contribution is 2.30. The predicted molar refractivity (Wildman–Crippen MR) is 87.2 cm³/mol. The average Bonchev–Trinajstić information content (AvgIpc) is 2.55. The summed E-state index contributed by atoms with van der Waals surface area (Å²) in [7, 11) is 0. The Balaban J connectivity index is 1.70. The zero-order valence-electron chi connectivity index (χ0n) is 12.8. The molecule has 3 rings (SSSR count). The van der Waals surface area contributed by atoms with Gasteiger partial charge in [-0.3, -0.25) is 4.79 Å². The molecule has 0 spiro atoms. The Morgan fingerprint density at radius 1 is 1.35 bits per heavy atom. The van der Waals surface area contributed by atoms with Gasteiger partial charge in [0.25, 0.3) is 5.91 Å². The van der Waals surface area contributed by atoms with E-state index < -0.39 is 0 Å². The topological polar surface area (TPSA) is 29.5 Å². The molecule has 120 valence electrons. The number of rotatable bonds is 3. The van der Waals surface area contributed by atoms with Crippen LogP contribution in [0.5, 0.6) is 5.75 Å². The largest absolute Gasteiger partial charge is 0.482 e. The van der Waals surface area contributed by atoms with E-state index in [1.54, 1.807) is 35.2 Å². The first kappa shape index (κ1) is 15.8. The van der Waals surface area contributed by atoms with Crippen LogP contribution in [0.15, 0.2) is 42.5 Å². The fraction of sp³-hybridized carbons (Fsp3) is 0.278. The summed E-state index contributed by atoms with van der Waals surface area (Å²) in [5, 5.41) is 0.472. The molecule has 23 heavy (non-hydrogen) atoms. The second-order valence-electron chi connectivity index (χ2n) is 5.58. The van der Waals surface area contributed by atoms with E-state index in [1.807, 2.05) is 6.92 Å². The highest BCUT2D eigenvalue weighted by atomic mass is 35.5. The fourth-order valence-corrected chi connectivity index (χ4v) is 3.10. The number of fused-ring (bicyclic) bond motifs is 1. The van der Waals surface area contributed by atoms with Crippen molar-refractivity contribution < 1.29 is 13.9 Å². The highest BCUT2D eigenvalue weighted by Gasteiger charge is 2.28. The quantitative estimate of drug-likeness (QED) is 0.849. The van der Waals surface area contributed by atoms with E-state index in [9.17, 15) is 9.18 Å². The molecular formula is C18H17ClFNO2. The lowest BCUT2D eigenvalue weighted by atomic mass is 9.93. The molecule has 0 bridgehead atoms. The lowest BCUT2D eigenvalue weighted by Gasteiger charge is -2.35. The number of carbonyl (C=O) groups is 1. The Kier molecular flexibility index (Phi) is 4.53. The first-order valence-electron chi connectivity index (χ1n) is 7.51. The van der Waals surface area contributed by atoms with Gasteiger partial charge in [-0.2, -0.15) is 0 Å². The zero-order chi connectivity index (χ0) is 16.4. The van der Waals surface area contributed by atoms with Gasteiger partial charge in [0, 0.05) is 6.54 Å². The van der Waals surface area contributed by atoms with Crippen molar-refractivity contribution in [2.45, 2.75) is 19.4 Å². The first-order chi connectivity index (χ1) is 11.1. The summed E-state index contributed by atoms with van der Waals surface area (Å²) in [5.74, 6) is 0.0724. The summed E-state index contributed by atoms with van der Waals surface area (Å²) in [6, 6.07) is 11.6. The van der Waals surface area contributed by atoms with E-state index in [1.165, 1.54) is 12.1 Å². The van der Waals surface area contributed by atoms with Crippen LogP contribution < -0.4 is 4.74 Å². The molecule has 1 heterocycles. The molecule has 1 unspecified atom stereocenters. The van der Waals surface area contributed by atoms with Crippen LogP contribution in [0.25, 0.3) is 0 Å².